The molecular weight excluding hydrogens is 264 g/mol. The molecule has 1 saturated carbocycles. The Labute approximate surface area is 117 Å². The van der Waals surface area contributed by atoms with Gasteiger partial charge in [-0.05, 0) is 37.0 Å². The highest BCUT2D eigenvalue weighted by Gasteiger charge is 2.37. The van der Waals surface area contributed by atoms with Gasteiger partial charge < -0.3 is 10.4 Å². The number of aliphatic hydroxyl groups excluding tert-OH is 1. The molecule has 1 aromatic carbocycles. The van der Waals surface area contributed by atoms with E-state index < -0.39 is 5.92 Å². The highest BCUT2D eigenvalue weighted by atomic mass is 19.3. The van der Waals surface area contributed by atoms with Gasteiger partial charge >= 0.3 is 0 Å². The zero-order valence-corrected chi connectivity index (χ0v) is 11.5. The summed E-state index contributed by atoms with van der Waals surface area (Å²) in [6.45, 7) is 1.75. The van der Waals surface area contributed by atoms with Crippen molar-refractivity contribution in [1.29, 1.82) is 0 Å². The van der Waals surface area contributed by atoms with Crippen LogP contribution in [0.15, 0.2) is 18.2 Å². The standard InChI is InChI=1S/C15H19F2NO2/c1-10-2-3-11(9-19)8-13(10)18-14(20)12-4-6-15(16,17)7-5-12/h2-3,8,12,19H,4-7,9H2,1H3,(H,18,20). The van der Waals surface area contributed by atoms with E-state index in [0.29, 0.717) is 11.3 Å². The first-order valence-corrected chi connectivity index (χ1v) is 6.80. The Bertz CT molecular complexity index is 493. The van der Waals surface area contributed by atoms with E-state index in [9.17, 15) is 13.6 Å². The normalized spacial score (nSPS) is 18.8. The Morgan fingerprint density at radius 3 is 2.65 bits per heavy atom. The molecule has 2 rings (SSSR count). The molecule has 2 N–H and O–H groups in total. The Hall–Kier alpha value is -1.49. The molecule has 0 unspecified atom stereocenters. The minimum absolute atomic E-state index is 0.0984. The summed E-state index contributed by atoms with van der Waals surface area (Å²) in [5.41, 5.74) is 2.23. The van der Waals surface area contributed by atoms with Gasteiger partial charge in [0.15, 0.2) is 0 Å². The number of carbonyl (C=O) groups excluding carboxylic acids is 1. The SMILES string of the molecule is Cc1ccc(CO)cc1NC(=O)C1CCC(F)(F)CC1. The topological polar surface area (TPSA) is 49.3 Å². The molecular formula is C15H19F2NO2. The summed E-state index contributed by atoms with van der Waals surface area (Å²) in [6, 6.07) is 5.31. The molecule has 3 nitrogen and oxygen atoms in total. The second-order valence-electron chi connectivity index (χ2n) is 5.43. The van der Waals surface area contributed by atoms with Gasteiger partial charge in [0.1, 0.15) is 0 Å². The Kier molecular flexibility index (Phi) is 4.38. The number of aryl methyl sites for hydroxylation is 1. The zero-order valence-electron chi connectivity index (χ0n) is 11.5. The number of aliphatic hydroxyl groups is 1. The van der Waals surface area contributed by atoms with Crippen molar-refractivity contribution in [3.05, 3.63) is 29.3 Å². The van der Waals surface area contributed by atoms with Gasteiger partial charge in [-0.25, -0.2) is 8.78 Å². The van der Waals surface area contributed by atoms with E-state index in [2.05, 4.69) is 5.32 Å². The van der Waals surface area contributed by atoms with E-state index in [0.717, 1.165) is 5.56 Å². The van der Waals surface area contributed by atoms with Gasteiger partial charge in [-0.15, -0.1) is 0 Å². The maximum atomic E-state index is 13.1. The third-order valence-electron chi connectivity index (χ3n) is 3.83. The van der Waals surface area contributed by atoms with E-state index in [1.807, 2.05) is 13.0 Å². The molecule has 110 valence electrons. The van der Waals surface area contributed by atoms with Crippen molar-refractivity contribution in [2.75, 3.05) is 5.32 Å². The molecule has 0 heterocycles. The number of hydrogen-bond donors (Lipinski definition) is 2. The first-order chi connectivity index (χ1) is 9.41. The molecule has 0 bridgehead atoms. The Balaban J connectivity index is 2.01. The predicted molar refractivity (Wildman–Crippen MR) is 72.6 cm³/mol. The van der Waals surface area contributed by atoms with Gasteiger partial charge in [-0.3, -0.25) is 4.79 Å². The molecule has 0 radical (unpaired) electrons. The maximum absolute atomic E-state index is 13.1. The van der Waals surface area contributed by atoms with Crippen LogP contribution in [0, 0.1) is 12.8 Å². The molecule has 0 spiro atoms. The number of hydrogen-bond acceptors (Lipinski definition) is 2. The molecule has 0 aromatic heterocycles. The van der Waals surface area contributed by atoms with Crippen LogP contribution in [-0.4, -0.2) is 16.9 Å². The van der Waals surface area contributed by atoms with Crippen LogP contribution >= 0.6 is 0 Å². The second-order valence-corrected chi connectivity index (χ2v) is 5.43. The number of amides is 1. The first-order valence-electron chi connectivity index (χ1n) is 6.80. The van der Waals surface area contributed by atoms with Crippen LogP contribution in [0.2, 0.25) is 0 Å². The number of anilines is 1. The zero-order chi connectivity index (χ0) is 14.8. The van der Waals surface area contributed by atoms with Gasteiger partial charge in [-0.1, -0.05) is 12.1 Å². The molecule has 1 aromatic rings. The second kappa shape index (κ2) is 5.87. The van der Waals surface area contributed by atoms with Crippen molar-refractivity contribution in [2.45, 2.75) is 45.1 Å². The van der Waals surface area contributed by atoms with E-state index in [1.54, 1.807) is 12.1 Å². The number of halogens is 2. The first kappa shape index (κ1) is 14.9. The number of benzene rings is 1. The monoisotopic (exact) mass is 283 g/mol. The van der Waals surface area contributed by atoms with Crippen molar-refractivity contribution in [3.63, 3.8) is 0 Å². The third-order valence-corrected chi connectivity index (χ3v) is 3.83. The minimum Gasteiger partial charge on any atom is -0.392 e. The lowest BCUT2D eigenvalue weighted by Crippen LogP contribution is -2.32. The summed E-state index contributed by atoms with van der Waals surface area (Å²) in [5.74, 6) is -3.19. The van der Waals surface area contributed by atoms with Gasteiger partial charge in [-0.2, -0.15) is 0 Å². The lowest BCUT2D eigenvalue weighted by molar-refractivity contribution is -0.124. The highest BCUT2D eigenvalue weighted by Crippen LogP contribution is 2.36. The highest BCUT2D eigenvalue weighted by molar-refractivity contribution is 5.93. The van der Waals surface area contributed by atoms with Crippen LogP contribution in [0.1, 0.15) is 36.8 Å². The number of rotatable bonds is 3. The fourth-order valence-corrected chi connectivity index (χ4v) is 2.44. The van der Waals surface area contributed by atoms with Crippen molar-refractivity contribution in [1.82, 2.24) is 0 Å². The summed E-state index contributed by atoms with van der Waals surface area (Å²) in [6.07, 6.45) is -0.00333. The van der Waals surface area contributed by atoms with Crippen LogP contribution in [-0.2, 0) is 11.4 Å². The average molecular weight is 283 g/mol. The molecule has 1 amide bonds. The van der Waals surface area contributed by atoms with Crippen LogP contribution in [0.3, 0.4) is 0 Å². The van der Waals surface area contributed by atoms with Crippen LogP contribution < -0.4 is 5.32 Å². The molecule has 0 atom stereocenters. The summed E-state index contributed by atoms with van der Waals surface area (Å²) in [7, 11) is 0. The van der Waals surface area contributed by atoms with Crippen molar-refractivity contribution >= 4 is 11.6 Å². The van der Waals surface area contributed by atoms with Crippen molar-refractivity contribution < 1.29 is 18.7 Å². The third kappa shape index (κ3) is 3.54. The average Bonchev–Trinajstić information content (AvgIpc) is 2.41. The van der Waals surface area contributed by atoms with E-state index >= 15 is 0 Å². The smallest absolute Gasteiger partial charge is 0.248 e. The lowest BCUT2D eigenvalue weighted by Gasteiger charge is -2.27. The lowest BCUT2D eigenvalue weighted by atomic mass is 9.86. The molecule has 0 aliphatic heterocycles. The molecule has 1 fully saturated rings. The summed E-state index contributed by atoms with van der Waals surface area (Å²) in [5, 5.41) is 11.9. The van der Waals surface area contributed by atoms with Gasteiger partial charge in [0.25, 0.3) is 0 Å². The van der Waals surface area contributed by atoms with Crippen LogP contribution in [0.5, 0.6) is 0 Å². The Morgan fingerprint density at radius 1 is 1.40 bits per heavy atom. The summed E-state index contributed by atoms with van der Waals surface area (Å²) < 4.78 is 26.1. The van der Waals surface area contributed by atoms with Crippen molar-refractivity contribution in [3.8, 4) is 0 Å². The molecule has 5 heteroatoms. The molecule has 0 saturated heterocycles. The van der Waals surface area contributed by atoms with Gasteiger partial charge in [0, 0.05) is 24.4 Å². The number of alkyl halides is 2. The van der Waals surface area contributed by atoms with E-state index in [1.165, 1.54) is 0 Å². The quantitative estimate of drug-likeness (QED) is 0.894. The molecule has 1 aliphatic carbocycles. The van der Waals surface area contributed by atoms with E-state index in [-0.39, 0.29) is 44.1 Å². The Morgan fingerprint density at radius 2 is 2.05 bits per heavy atom. The van der Waals surface area contributed by atoms with E-state index in [4.69, 9.17) is 5.11 Å². The summed E-state index contributed by atoms with van der Waals surface area (Å²) in [4.78, 5) is 12.1. The maximum Gasteiger partial charge on any atom is 0.248 e. The van der Waals surface area contributed by atoms with Gasteiger partial charge in [0.05, 0.1) is 6.61 Å². The predicted octanol–water partition coefficient (Wildman–Crippen LogP) is 3.25. The van der Waals surface area contributed by atoms with Crippen molar-refractivity contribution in [2.24, 2.45) is 5.92 Å². The number of carbonyl (C=O) groups is 1. The molecule has 20 heavy (non-hydrogen) atoms. The minimum atomic E-state index is -2.62. The fraction of sp³-hybridized carbons (Fsp3) is 0.533. The van der Waals surface area contributed by atoms with Crippen LogP contribution in [0.4, 0.5) is 14.5 Å². The molecule has 1 aliphatic rings. The summed E-state index contributed by atoms with van der Waals surface area (Å²) >= 11 is 0. The number of nitrogens with one attached hydrogen (secondary N) is 1. The van der Waals surface area contributed by atoms with Gasteiger partial charge in [0.2, 0.25) is 11.8 Å². The largest absolute Gasteiger partial charge is 0.392 e. The van der Waals surface area contributed by atoms with Crippen LogP contribution in [0.25, 0.3) is 0 Å². The fourth-order valence-electron chi connectivity index (χ4n) is 2.44.